The minimum Gasteiger partial charge on any atom is -0.380 e. The van der Waals surface area contributed by atoms with Gasteiger partial charge in [0, 0.05) is 26.2 Å². The molecule has 116 valence electrons. The maximum absolute atomic E-state index is 5.49. The number of likely N-dealkylation sites (N-methyl/N-ethyl adjacent to an activating group) is 1. The van der Waals surface area contributed by atoms with Gasteiger partial charge in [-0.3, -0.25) is 0 Å². The van der Waals surface area contributed by atoms with E-state index in [1.165, 1.54) is 25.8 Å². The molecule has 3 nitrogen and oxygen atoms in total. The Balaban J connectivity index is 4.32. The zero-order valence-electron chi connectivity index (χ0n) is 13.9. The van der Waals surface area contributed by atoms with E-state index >= 15 is 0 Å². The average molecular weight is 272 g/mol. The van der Waals surface area contributed by atoms with Crippen molar-refractivity contribution >= 4 is 0 Å². The van der Waals surface area contributed by atoms with Gasteiger partial charge in [0.05, 0.1) is 6.61 Å². The Morgan fingerprint density at radius 1 is 1.05 bits per heavy atom. The van der Waals surface area contributed by atoms with Crippen LogP contribution < -0.4 is 5.32 Å². The lowest BCUT2D eigenvalue weighted by atomic mass is 9.81. The van der Waals surface area contributed by atoms with Gasteiger partial charge in [0.25, 0.3) is 0 Å². The van der Waals surface area contributed by atoms with E-state index in [9.17, 15) is 0 Å². The summed E-state index contributed by atoms with van der Waals surface area (Å²) in [6.45, 7) is 18.5. The van der Waals surface area contributed by atoms with Crippen LogP contribution in [0.4, 0.5) is 0 Å². The first-order valence-corrected chi connectivity index (χ1v) is 8.18. The van der Waals surface area contributed by atoms with Crippen LogP contribution in [0.3, 0.4) is 0 Å². The summed E-state index contributed by atoms with van der Waals surface area (Å²) < 4.78 is 5.49. The molecule has 0 saturated heterocycles. The van der Waals surface area contributed by atoms with Crippen LogP contribution in [-0.2, 0) is 4.74 Å². The Morgan fingerprint density at radius 2 is 1.74 bits per heavy atom. The molecule has 0 amide bonds. The molecular weight excluding hydrogens is 236 g/mol. The molecule has 0 unspecified atom stereocenters. The molecule has 0 aromatic carbocycles. The van der Waals surface area contributed by atoms with E-state index in [-0.39, 0.29) is 0 Å². The van der Waals surface area contributed by atoms with Crippen LogP contribution in [0.1, 0.15) is 53.9 Å². The van der Waals surface area contributed by atoms with Gasteiger partial charge in [-0.2, -0.15) is 0 Å². The van der Waals surface area contributed by atoms with Crippen LogP contribution in [0.5, 0.6) is 0 Å². The lowest BCUT2D eigenvalue weighted by Gasteiger charge is -2.37. The fraction of sp³-hybridized carbons (Fsp3) is 1.00. The van der Waals surface area contributed by atoms with Crippen LogP contribution in [0, 0.1) is 5.41 Å². The first-order chi connectivity index (χ1) is 9.17. The third-order valence-corrected chi connectivity index (χ3v) is 4.19. The van der Waals surface area contributed by atoms with Gasteiger partial charge in [0.1, 0.15) is 0 Å². The summed E-state index contributed by atoms with van der Waals surface area (Å²) in [4.78, 5) is 2.54. The fourth-order valence-electron chi connectivity index (χ4n) is 2.47. The Morgan fingerprint density at radius 3 is 2.21 bits per heavy atom. The summed E-state index contributed by atoms with van der Waals surface area (Å²) in [5.41, 5.74) is 0.414. The SMILES string of the molecule is CCCNCC(CC)(CC)CN(CC)CCOCC. The molecule has 0 aliphatic carbocycles. The number of hydrogen-bond donors (Lipinski definition) is 1. The van der Waals surface area contributed by atoms with Crippen molar-refractivity contribution in [1.82, 2.24) is 10.2 Å². The molecule has 0 aliphatic rings. The molecule has 0 bridgehead atoms. The van der Waals surface area contributed by atoms with Gasteiger partial charge in [0.15, 0.2) is 0 Å². The molecule has 0 aromatic rings. The van der Waals surface area contributed by atoms with Crippen molar-refractivity contribution in [2.75, 3.05) is 45.9 Å². The smallest absolute Gasteiger partial charge is 0.0593 e. The molecule has 0 atom stereocenters. The first kappa shape index (κ1) is 18.9. The number of nitrogens with one attached hydrogen (secondary N) is 1. The fourth-order valence-corrected chi connectivity index (χ4v) is 2.47. The molecule has 3 heteroatoms. The zero-order valence-corrected chi connectivity index (χ0v) is 13.9. The normalized spacial score (nSPS) is 12.3. The van der Waals surface area contributed by atoms with Crippen molar-refractivity contribution in [3.8, 4) is 0 Å². The first-order valence-electron chi connectivity index (χ1n) is 8.18. The van der Waals surface area contributed by atoms with Crippen molar-refractivity contribution in [2.24, 2.45) is 5.41 Å². The Hall–Kier alpha value is -0.120. The van der Waals surface area contributed by atoms with Gasteiger partial charge in [-0.25, -0.2) is 0 Å². The van der Waals surface area contributed by atoms with Crippen molar-refractivity contribution in [3.05, 3.63) is 0 Å². The van der Waals surface area contributed by atoms with E-state index < -0.39 is 0 Å². The van der Waals surface area contributed by atoms with E-state index in [1.54, 1.807) is 0 Å². The van der Waals surface area contributed by atoms with Gasteiger partial charge in [0.2, 0.25) is 0 Å². The molecular formula is C16H36N2O. The average Bonchev–Trinajstić information content (AvgIpc) is 2.45. The summed E-state index contributed by atoms with van der Waals surface area (Å²) in [5, 5.41) is 3.62. The van der Waals surface area contributed by atoms with Crippen LogP contribution in [0.2, 0.25) is 0 Å². The highest BCUT2D eigenvalue weighted by Crippen LogP contribution is 2.26. The molecule has 1 N–H and O–H groups in total. The number of ether oxygens (including phenoxy) is 1. The highest BCUT2D eigenvalue weighted by molar-refractivity contribution is 4.82. The van der Waals surface area contributed by atoms with E-state index in [1.807, 2.05) is 0 Å². The van der Waals surface area contributed by atoms with Crippen molar-refractivity contribution in [1.29, 1.82) is 0 Å². The van der Waals surface area contributed by atoms with E-state index in [4.69, 9.17) is 4.74 Å². The highest BCUT2D eigenvalue weighted by atomic mass is 16.5. The molecule has 0 heterocycles. The number of rotatable bonds is 13. The lowest BCUT2D eigenvalue weighted by Crippen LogP contribution is -2.44. The molecule has 0 aliphatic heterocycles. The monoisotopic (exact) mass is 272 g/mol. The predicted molar refractivity (Wildman–Crippen MR) is 84.8 cm³/mol. The maximum atomic E-state index is 5.49. The molecule has 0 saturated carbocycles. The Kier molecular flexibility index (Phi) is 11.6. The zero-order chi connectivity index (χ0) is 14.6. The number of hydrogen-bond acceptors (Lipinski definition) is 3. The van der Waals surface area contributed by atoms with E-state index in [0.717, 1.165) is 39.4 Å². The molecule has 0 spiro atoms. The van der Waals surface area contributed by atoms with Gasteiger partial charge in [-0.1, -0.05) is 27.7 Å². The van der Waals surface area contributed by atoms with Crippen molar-refractivity contribution < 1.29 is 4.74 Å². The topological polar surface area (TPSA) is 24.5 Å². The van der Waals surface area contributed by atoms with Gasteiger partial charge in [-0.05, 0) is 44.7 Å². The minimum absolute atomic E-state index is 0.414. The minimum atomic E-state index is 0.414. The molecule has 0 rings (SSSR count). The maximum Gasteiger partial charge on any atom is 0.0593 e. The van der Waals surface area contributed by atoms with Crippen LogP contribution in [0.15, 0.2) is 0 Å². The van der Waals surface area contributed by atoms with Gasteiger partial charge < -0.3 is 15.0 Å². The lowest BCUT2D eigenvalue weighted by molar-refractivity contribution is 0.0844. The summed E-state index contributed by atoms with van der Waals surface area (Å²) in [6.07, 6.45) is 3.70. The number of nitrogens with zero attached hydrogens (tertiary/aromatic N) is 1. The summed E-state index contributed by atoms with van der Waals surface area (Å²) in [7, 11) is 0. The second kappa shape index (κ2) is 11.7. The van der Waals surface area contributed by atoms with Gasteiger partial charge >= 0.3 is 0 Å². The third kappa shape index (κ3) is 7.91. The van der Waals surface area contributed by atoms with E-state index in [0.29, 0.717) is 5.41 Å². The molecule has 19 heavy (non-hydrogen) atoms. The summed E-state index contributed by atoms with van der Waals surface area (Å²) >= 11 is 0. The standard InChI is InChI=1S/C16H36N2O/c1-6-11-17-14-16(7-2,8-3)15-18(9-4)12-13-19-10-5/h17H,6-15H2,1-5H3. The highest BCUT2D eigenvalue weighted by Gasteiger charge is 2.27. The second-order valence-electron chi connectivity index (χ2n) is 5.45. The summed E-state index contributed by atoms with van der Waals surface area (Å²) in [6, 6.07) is 0. The van der Waals surface area contributed by atoms with Crippen LogP contribution in [-0.4, -0.2) is 50.8 Å². The third-order valence-electron chi connectivity index (χ3n) is 4.19. The quantitative estimate of drug-likeness (QED) is 0.521. The Labute approximate surface area is 121 Å². The molecule has 0 fully saturated rings. The van der Waals surface area contributed by atoms with Crippen molar-refractivity contribution in [3.63, 3.8) is 0 Å². The summed E-state index contributed by atoms with van der Waals surface area (Å²) in [5.74, 6) is 0. The van der Waals surface area contributed by atoms with Crippen molar-refractivity contribution in [2.45, 2.75) is 53.9 Å². The van der Waals surface area contributed by atoms with Crippen LogP contribution in [0.25, 0.3) is 0 Å². The Bertz CT molecular complexity index is 193. The van der Waals surface area contributed by atoms with Gasteiger partial charge in [-0.15, -0.1) is 0 Å². The van der Waals surface area contributed by atoms with E-state index in [2.05, 4.69) is 44.8 Å². The molecule has 0 aromatic heterocycles. The predicted octanol–water partition coefficient (Wildman–Crippen LogP) is 3.15. The van der Waals surface area contributed by atoms with Crippen LogP contribution >= 0.6 is 0 Å². The largest absolute Gasteiger partial charge is 0.380 e. The molecule has 0 radical (unpaired) electrons. The second-order valence-corrected chi connectivity index (χ2v) is 5.45.